The zero-order chi connectivity index (χ0) is 17.3. The Morgan fingerprint density at radius 3 is 2.35 bits per heavy atom. The summed E-state index contributed by atoms with van der Waals surface area (Å²) in [7, 11) is 0. The lowest BCUT2D eigenvalue weighted by Gasteiger charge is -2.12. The van der Waals surface area contributed by atoms with Gasteiger partial charge in [0.2, 0.25) is 0 Å². The van der Waals surface area contributed by atoms with Gasteiger partial charge in [-0.3, -0.25) is 0 Å². The summed E-state index contributed by atoms with van der Waals surface area (Å²) in [6.07, 6.45) is 9.08. The molecular weight excluding hydrogens is 316 g/mol. The Kier molecular flexibility index (Phi) is 3.60. The normalized spacial score (nSPS) is 13.9. The molecule has 0 spiro atoms. The van der Waals surface area contributed by atoms with E-state index in [0.29, 0.717) is 0 Å². The number of nitrogens with one attached hydrogen (secondary N) is 1. The van der Waals surface area contributed by atoms with Gasteiger partial charge in [-0.05, 0) is 55.3 Å². The molecule has 0 fully saturated rings. The lowest BCUT2D eigenvalue weighted by atomic mass is 10.1. The van der Waals surface area contributed by atoms with Crippen molar-refractivity contribution in [2.75, 3.05) is 5.32 Å². The van der Waals surface area contributed by atoms with E-state index in [2.05, 4.69) is 94.8 Å². The van der Waals surface area contributed by atoms with Gasteiger partial charge in [-0.15, -0.1) is 0 Å². The summed E-state index contributed by atoms with van der Waals surface area (Å²) < 4.78 is 2.38. The third-order valence-electron chi connectivity index (χ3n) is 4.97. The van der Waals surface area contributed by atoms with Gasteiger partial charge in [0.1, 0.15) is 0 Å². The molecule has 1 aliphatic carbocycles. The van der Waals surface area contributed by atoms with E-state index in [1.54, 1.807) is 0 Å². The third kappa shape index (κ3) is 2.51. The Balaban J connectivity index is 1.70. The van der Waals surface area contributed by atoms with Crippen molar-refractivity contribution in [2.24, 2.45) is 0 Å². The highest BCUT2D eigenvalue weighted by Crippen LogP contribution is 2.35. The van der Waals surface area contributed by atoms with E-state index in [1.165, 1.54) is 27.5 Å². The summed E-state index contributed by atoms with van der Waals surface area (Å²) in [6.45, 7) is 0. The monoisotopic (exact) mass is 336 g/mol. The predicted molar refractivity (Wildman–Crippen MR) is 112 cm³/mol. The number of fused-ring (bicyclic) bond motifs is 3. The lowest BCUT2D eigenvalue weighted by molar-refractivity contribution is 1.02. The maximum atomic E-state index is 3.51. The van der Waals surface area contributed by atoms with Crippen molar-refractivity contribution in [1.29, 1.82) is 0 Å². The van der Waals surface area contributed by atoms with Gasteiger partial charge in [-0.2, -0.15) is 0 Å². The van der Waals surface area contributed by atoms with E-state index in [9.17, 15) is 0 Å². The number of allylic oxidation sites excluding steroid dienone is 4. The molecule has 0 aliphatic heterocycles. The Bertz CT molecular complexity index is 1150. The van der Waals surface area contributed by atoms with Gasteiger partial charge >= 0.3 is 0 Å². The van der Waals surface area contributed by atoms with Gasteiger partial charge in [0.05, 0.1) is 11.0 Å². The summed E-state index contributed by atoms with van der Waals surface area (Å²) in [5.74, 6) is 0. The van der Waals surface area contributed by atoms with Crippen molar-refractivity contribution < 1.29 is 0 Å². The molecule has 4 aromatic rings. The first-order valence-corrected chi connectivity index (χ1v) is 9.12. The van der Waals surface area contributed by atoms with E-state index in [1.807, 2.05) is 6.07 Å². The summed E-state index contributed by atoms with van der Waals surface area (Å²) in [6, 6.07) is 25.6. The molecule has 1 aliphatic rings. The van der Waals surface area contributed by atoms with Gasteiger partial charge in [-0.1, -0.05) is 48.6 Å². The molecule has 126 valence electrons. The number of aromatic nitrogens is 1. The van der Waals surface area contributed by atoms with Crippen LogP contribution in [0.2, 0.25) is 0 Å². The molecule has 1 heterocycles. The van der Waals surface area contributed by atoms with Gasteiger partial charge in [0.25, 0.3) is 0 Å². The Morgan fingerprint density at radius 1 is 0.692 bits per heavy atom. The molecule has 0 unspecified atom stereocenters. The first kappa shape index (κ1) is 15.0. The summed E-state index contributed by atoms with van der Waals surface area (Å²) in [5.41, 5.74) is 6.00. The molecule has 26 heavy (non-hydrogen) atoms. The van der Waals surface area contributed by atoms with E-state index in [-0.39, 0.29) is 0 Å². The standard InChI is InChI=1S/C24H20N2/c1-3-9-18(10-4-1)25-19-15-16-24-22(17-19)21-13-7-8-14-23(21)26(24)20-11-5-2-6-12-20/h1,3-5,7-17,25H,2,6H2. The van der Waals surface area contributed by atoms with Crippen molar-refractivity contribution in [2.45, 2.75) is 12.8 Å². The van der Waals surface area contributed by atoms with E-state index >= 15 is 0 Å². The van der Waals surface area contributed by atoms with Crippen molar-refractivity contribution >= 4 is 38.9 Å². The predicted octanol–water partition coefficient (Wildman–Crippen LogP) is 6.73. The highest BCUT2D eigenvalue weighted by Gasteiger charge is 2.13. The number of anilines is 2. The second kappa shape index (κ2) is 6.23. The fourth-order valence-corrected chi connectivity index (χ4v) is 3.78. The minimum Gasteiger partial charge on any atom is -0.356 e. The minimum absolute atomic E-state index is 1.10. The van der Waals surface area contributed by atoms with Crippen LogP contribution in [0.4, 0.5) is 11.4 Å². The molecule has 2 heteroatoms. The van der Waals surface area contributed by atoms with E-state index < -0.39 is 0 Å². The van der Waals surface area contributed by atoms with Gasteiger partial charge < -0.3 is 9.88 Å². The van der Waals surface area contributed by atoms with Crippen LogP contribution >= 0.6 is 0 Å². The number of nitrogens with zero attached hydrogens (tertiary/aromatic N) is 1. The van der Waals surface area contributed by atoms with Crippen LogP contribution in [0, 0.1) is 0 Å². The van der Waals surface area contributed by atoms with Gasteiger partial charge in [0.15, 0.2) is 0 Å². The molecule has 1 aromatic heterocycles. The molecule has 5 rings (SSSR count). The molecule has 2 nitrogen and oxygen atoms in total. The quantitative estimate of drug-likeness (QED) is 0.439. The first-order chi connectivity index (χ1) is 12.9. The van der Waals surface area contributed by atoms with Gasteiger partial charge in [-0.25, -0.2) is 0 Å². The average Bonchev–Trinajstić information content (AvgIpc) is 3.03. The lowest BCUT2D eigenvalue weighted by Crippen LogP contribution is -1.97. The highest BCUT2D eigenvalue weighted by molar-refractivity contribution is 6.11. The zero-order valence-corrected chi connectivity index (χ0v) is 14.5. The molecule has 1 N–H and O–H groups in total. The fraction of sp³-hybridized carbons (Fsp3) is 0.0833. The van der Waals surface area contributed by atoms with Crippen molar-refractivity contribution in [3.8, 4) is 0 Å². The minimum atomic E-state index is 1.10. The fourth-order valence-electron chi connectivity index (χ4n) is 3.78. The zero-order valence-electron chi connectivity index (χ0n) is 14.5. The number of benzene rings is 3. The number of hydrogen-bond donors (Lipinski definition) is 1. The largest absolute Gasteiger partial charge is 0.356 e. The van der Waals surface area contributed by atoms with Crippen LogP contribution in [0.15, 0.2) is 91.0 Å². The first-order valence-electron chi connectivity index (χ1n) is 9.12. The van der Waals surface area contributed by atoms with Crippen LogP contribution in [0.5, 0.6) is 0 Å². The smallest absolute Gasteiger partial charge is 0.0542 e. The summed E-state index contributed by atoms with van der Waals surface area (Å²) in [5, 5.41) is 6.08. The molecule has 0 bridgehead atoms. The molecule has 0 saturated heterocycles. The van der Waals surface area contributed by atoms with Crippen LogP contribution in [0.3, 0.4) is 0 Å². The molecule has 0 atom stereocenters. The van der Waals surface area contributed by atoms with Crippen LogP contribution in [0.25, 0.3) is 27.5 Å². The summed E-state index contributed by atoms with van der Waals surface area (Å²) in [4.78, 5) is 0. The Morgan fingerprint density at radius 2 is 1.50 bits per heavy atom. The molecule has 0 saturated carbocycles. The van der Waals surface area contributed by atoms with Crippen LogP contribution in [-0.2, 0) is 0 Å². The van der Waals surface area contributed by atoms with Crippen molar-refractivity contribution in [1.82, 2.24) is 4.57 Å². The maximum absolute atomic E-state index is 3.51. The Labute approximate surface area is 153 Å². The second-order valence-electron chi connectivity index (χ2n) is 6.68. The van der Waals surface area contributed by atoms with E-state index in [4.69, 9.17) is 0 Å². The molecular formula is C24H20N2. The Hall–Kier alpha value is -3.26. The third-order valence-corrected chi connectivity index (χ3v) is 4.97. The topological polar surface area (TPSA) is 17.0 Å². The van der Waals surface area contributed by atoms with Crippen LogP contribution < -0.4 is 5.32 Å². The van der Waals surface area contributed by atoms with Crippen LogP contribution in [-0.4, -0.2) is 4.57 Å². The molecule has 0 radical (unpaired) electrons. The second-order valence-corrected chi connectivity index (χ2v) is 6.68. The SMILES string of the molecule is C1=CC(n2c3ccccc3c3cc(Nc4ccccc4)ccc32)=CCC1. The van der Waals surface area contributed by atoms with Crippen molar-refractivity contribution in [3.63, 3.8) is 0 Å². The number of hydrogen-bond acceptors (Lipinski definition) is 1. The highest BCUT2D eigenvalue weighted by atomic mass is 15.0. The number of rotatable bonds is 3. The molecule has 3 aromatic carbocycles. The average molecular weight is 336 g/mol. The van der Waals surface area contributed by atoms with E-state index in [0.717, 1.165) is 24.2 Å². The van der Waals surface area contributed by atoms with Crippen molar-refractivity contribution in [3.05, 3.63) is 91.0 Å². The van der Waals surface area contributed by atoms with Crippen LogP contribution in [0.1, 0.15) is 12.8 Å². The maximum Gasteiger partial charge on any atom is 0.0542 e. The summed E-state index contributed by atoms with van der Waals surface area (Å²) >= 11 is 0. The molecule has 0 amide bonds. The number of para-hydroxylation sites is 2. The van der Waals surface area contributed by atoms with Gasteiger partial charge in [0, 0.05) is 27.8 Å².